The van der Waals surface area contributed by atoms with Crippen LogP contribution in [0.1, 0.15) is 44.3 Å². The Morgan fingerprint density at radius 2 is 1.96 bits per heavy atom. The smallest absolute Gasteiger partial charge is 0.353 e. The summed E-state index contributed by atoms with van der Waals surface area (Å²) in [6.07, 6.45) is 9.65. The number of nitrogens with one attached hydrogen (secondary N) is 2. The fourth-order valence-electron chi connectivity index (χ4n) is 2.99. The molecule has 0 atom stereocenters. The van der Waals surface area contributed by atoms with Crippen molar-refractivity contribution < 1.29 is 9.34 Å². The number of rotatable bonds is 6. The van der Waals surface area contributed by atoms with Gasteiger partial charge in [0, 0.05) is 6.04 Å². The summed E-state index contributed by atoms with van der Waals surface area (Å²) in [5, 5.41) is 17.7. The third-order valence-corrected chi connectivity index (χ3v) is 4.21. The van der Waals surface area contributed by atoms with Crippen LogP contribution in [0.3, 0.4) is 0 Å². The van der Waals surface area contributed by atoms with Crippen molar-refractivity contribution in [3.8, 4) is 0 Å². The fraction of sp³-hybridized carbons (Fsp3) is 0.500. The second kappa shape index (κ2) is 7.76. The first-order chi connectivity index (χ1) is 11.7. The molecule has 0 radical (unpaired) electrons. The average molecular weight is 331 g/mol. The lowest BCUT2D eigenvalue weighted by Gasteiger charge is -2.17. The van der Waals surface area contributed by atoms with Gasteiger partial charge in [0.05, 0.1) is 17.7 Å². The van der Waals surface area contributed by atoms with Gasteiger partial charge in [-0.3, -0.25) is 10.1 Å². The molecule has 0 spiro atoms. The van der Waals surface area contributed by atoms with E-state index in [0.717, 1.165) is 25.7 Å². The van der Waals surface area contributed by atoms with E-state index in [2.05, 4.69) is 20.6 Å². The molecule has 8 nitrogen and oxygen atoms in total. The lowest BCUT2D eigenvalue weighted by atomic mass is 10.1. The number of hydrogen-bond acceptors (Lipinski definition) is 7. The minimum absolute atomic E-state index is 0.117. The van der Waals surface area contributed by atoms with Crippen LogP contribution < -0.4 is 10.6 Å². The molecular weight excluding hydrogens is 310 g/mol. The predicted octanol–water partition coefficient (Wildman–Crippen LogP) is 3.72. The molecule has 8 heteroatoms. The highest BCUT2D eigenvalue weighted by atomic mass is 16.6. The van der Waals surface area contributed by atoms with Gasteiger partial charge in [-0.05, 0) is 25.0 Å². The van der Waals surface area contributed by atoms with Crippen molar-refractivity contribution in [1.82, 2.24) is 9.97 Å². The van der Waals surface area contributed by atoms with E-state index in [4.69, 9.17) is 4.42 Å². The van der Waals surface area contributed by atoms with Crippen molar-refractivity contribution in [3.05, 3.63) is 40.6 Å². The van der Waals surface area contributed by atoms with E-state index >= 15 is 0 Å². The molecule has 0 aromatic carbocycles. The predicted molar refractivity (Wildman–Crippen MR) is 89.8 cm³/mol. The van der Waals surface area contributed by atoms with Crippen molar-refractivity contribution in [3.63, 3.8) is 0 Å². The van der Waals surface area contributed by atoms with Gasteiger partial charge in [-0.2, -0.15) is 0 Å². The van der Waals surface area contributed by atoms with Gasteiger partial charge in [0.2, 0.25) is 11.6 Å². The SMILES string of the molecule is O=[N+]([O-])c1c(NCc2ccco2)ncnc1NC1CCCCCC1. The lowest BCUT2D eigenvalue weighted by molar-refractivity contribution is -0.383. The summed E-state index contributed by atoms with van der Waals surface area (Å²) < 4.78 is 5.23. The van der Waals surface area contributed by atoms with E-state index in [1.165, 1.54) is 19.2 Å². The summed E-state index contributed by atoms with van der Waals surface area (Å²) >= 11 is 0. The van der Waals surface area contributed by atoms with Crippen molar-refractivity contribution in [2.75, 3.05) is 10.6 Å². The Labute approximate surface area is 139 Å². The number of nitro groups is 1. The quantitative estimate of drug-likeness (QED) is 0.472. The molecule has 0 aliphatic heterocycles. The second-order valence-electron chi connectivity index (χ2n) is 5.94. The lowest BCUT2D eigenvalue weighted by Crippen LogP contribution is -2.20. The summed E-state index contributed by atoms with van der Waals surface area (Å²) in [6.45, 7) is 0.327. The summed E-state index contributed by atoms with van der Waals surface area (Å²) in [4.78, 5) is 19.2. The van der Waals surface area contributed by atoms with Crippen LogP contribution >= 0.6 is 0 Å². The zero-order chi connectivity index (χ0) is 16.8. The Morgan fingerprint density at radius 1 is 1.21 bits per heavy atom. The number of aromatic nitrogens is 2. The molecule has 0 unspecified atom stereocenters. The van der Waals surface area contributed by atoms with Gasteiger partial charge in [-0.25, -0.2) is 9.97 Å². The van der Waals surface area contributed by atoms with Crippen LogP contribution in [0.2, 0.25) is 0 Å². The summed E-state index contributed by atoms with van der Waals surface area (Å²) in [6, 6.07) is 3.79. The van der Waals surface area contributed by atoms with Crippen LogP contribution in [0, 0.1) is 10.1 Å². The van der Waals surface area contributed by atoms with Gasteiger partial charge < -0.3 is 15.1 Å². The van der Waals surface area contributed by atoms with Crippen LogP contribution in [-0.4, -0.2) is 20.9 Å². The molecular formula is C16H21N5O3. The van der Waals surface area contributed by atoms with Crippen LogP contribution in [0.5, 0.6) is 0 Å². The maximum Gasteiger partial charge on any atom is 0.353 e. The first kappa shape index (κ1) is 16.2. The largest absolute Gasteiger partial charge is 0.467 e. The minimum atomic E-state index is -0.441. The van der Waals surface area contributed by atoms with E-state index < -0.39 is 4.92 Å². The fourth-order valence-corrected chi connectivity index (χ4v) is 2.99. The second-order valence-corrected chi connectivity index (χ2v) is 5.94. The third-order valence-electron chi connectivity index (χ3n) is 4.21. The molecule has 2 aromatic heterocycles. The van der Waals surface area contributed by atoms with Gasteiger partial charge in [0.15, 0.2) is 0 Å². The van der Waals surface area contributed by atoms with E-state index in [1.54, 1.807) is 18.4 Å². The highest BCUT2D eigenvalue weighted by Crippen LogP contribution is 2.31. The van der Waals surface area contributed by atoms with Crippen LogP contribution in [0.15, 0.2) is 29.1 Å². The maximum atomic E-state index is 11.5. The number of furan rings is 1. The Hall–Kier alpha value is -2.64. The molecule has 128 valence electrons. The molecule has 24 heavy (non-hydrogen) atoms. The zero-order valence-electron chi connectivity index (χ0n) is 13.4. The molecule has 1 fully saturated rings. The van der Waals surface area contributed by atoms with Gasteiger partial charge in [-0.15, -0.1) is 0 Å². The molecule has 3 rings (SSSR count). The summed E-state index contributed by atoms with van der Waals surface area (Å²) in [5.74, 6) is 1.16. The summed E-state index contributed by atoms with van der Waals surface area (Å²) in [5.41, 5.74) is -0.117. The van der Waals surface area contributed by atoms with Crippen LogP contribution in [0.25, 0.3) is 0 Å². The maximum absolute atomic E-state index is 11.5. The molecule has 1 aliphatic carbocycles. The molecule has 2 heterocycles. The van der Waals surface area contributed by atoms with E-state index in [-0.39, 0.29) is 23.4 Å². The van der Waals surface area contributed by atoms with Gasteiger partial charge >= 0.3 is 5.69 Å². The molecule has 0 saturated heterocycles. The zero-order valence-corrected chi connectivity index (χ0v) is 13.4. The molecule has 0 amide bonds. The summed E-state index contributed by atoms with van der Waals surface area (Å²) in [7, 11) is 0. The Balaban J connectivity index is 1.77. The van der Waals surface area contributed by atoms with Crippen LogP contribution in [-0.2, 0) is 6.54 Å². The van der Waals surface area contributed by atoms with Gasteiger partial charge in [0.1, 0.15) is 12.1 Å². The van der Waals surface area contributed by atoms with Crippen molar-refractivity contribution in [2.45, 2.75) is 51.1 Å². The highest BCUT2D eigenvalue weighted by molar-refractivity contribution is 5.69. The van der Waals surface area contributed by atoms with Crippen molar-refractivity contribution in [1.29, 1.82) is 0 Å². The van der Waals surface area contributed by atoms with E-state index in [9.17, 15) is 10.1 Å². The van der Waals surface area contributed by atoms with Crippen molar-refractivity contribution >= 4 is 17.3 Å². The van der Waals surface area contributed by atoms with Crippen LogP contribution in [0.4, 0.5) is 17.3 Å². The number of hydrogen-bond donors (Lipinski definition) is 2. The molecule has 2 aromatic rings. The first-order valence-corrected chi connectivity index (χ1v) is 8.26. The molecule has 1 saturated carbocycles. The average Bonchev–Trinajstić information content (AvgIpc) is 2.96. The van der Waals surface area contributed by atoms with Crippen molar-refractivity contribution in [2.24, 2.45) is 0 Å². The Kier molecular flexibility index (Phi) is 5.25. The van der Waals surface area contributed by atoms with E-state index in [0.29, 0.717) is 12.3 Å². The molecule has 0 bridgehead atoms. The van der Waals surface area contributed by atoms with Gasteiger partial charge in [0.25, 0.3) is 0 Å². The Bertz CT molecular complexity index is 666. The van der Waals surface area contributed by atoms with Gasteiger partial charge in [-0.1, -0.05) is 25.7 Å². The first-order valence-electron chi connectivity index (χ1n) is 8.26. The minimum Gasteiger partial charge on any atom is -0.467 e. The standard InChI is InChI=1S/C16H21N5O3/c22-21(23)14-15(17-10-13-8-5-9-24-13)18-11-19-16(14)20-12-6-3-1-2-4-7-12/h5,8-9,11-12H,1-4,6-7,10H2,(H2,17,18,19,20). The Morgan fingerprint density at radius 3 is 2.62 bits per heavy atom. The normalized spacial score (nSPS) is 15.7. The molecule has 2 N–H and O–H groups in total. The van der Waals surface area contributed by atoms with E-state index in [1.807, 2.05) is 0 Å². The third kappa shape index (κ3) is 4.01. The number of nitrogens with zero attached hydrogens (tertiary/aromatic N) is 3. The highest BCUT2D eigenvalue weighted by Gasteiger charge is 2.25. The topological polar surface area (TPSA) is 106 Å². The monoisotopic (exact) mass is 331 g/mol. The number of anilines is 2. The molecule has 1 aliphatic rings.